The summed E-state index contributed by atoms with van der Waals surface area (Å²) in [5, 5.41) is 8.90. The number of ether oxygens (including phenoxy) is 1. The summed E-state index contributed by atoms with van der Waals surface area (Å²) in [7, 11) is 0. The van der Waals surface area contributed by atoms with E-state index in [1.165, 1.54) is 0 Å². The van der Waals surface area contributed by atoms with Crippen molar-refractivity contribution in [2.75, 3.05) is 13.2 Å². The van der Waals surface area contributed by atoms with Crippen LogP contribution < -0.4 is 5.56 Å². The number of nitrogens with one attached hydrogen (secondary N) is 1. The van der Waals surface area contributed by atoms with Crippen LogP contribution >= 0.6 is 0 Å². The number of aliphatic hydroxyl groups is 1. The highest BCUT2D eigenvalue weighted by atomic mass is 16.6. The van der Waals surface area contributed by atoms with Gasteiger partial charge in [0.25, 0.3) is 0 Å². The predicted octanol–water partition coefficient (Wildman–Crippen LogP) is 4.44. The van der Waals surface area contributed by atoms with E-state index in [0.717, 1.165) is 23.1 Å². The lowest BCUT2D eigenvalue weighted by atomic mass is 10.0. The fraction of sp³-hybridized carbons (Fsp3) is 0.333. The molecule has 1 saturated heterocycles. The molecule has 0 radical (unpaired) electrons. The van der Waals surface area contributed by atoms with Crippen LogP contribution in [0.5, 0.6) is 0 Å². The topological polar surface area (TPSA) is 82.6 Å². The molecule has 2 atom stereocenters. The van der Waals surface area contributed by atoms with Gasteiger partial charge in [-0.1, -0.05) is 49.6 Å². The summed E-state index contributed by atoms with van der Waals surface area (Å²) in [6, 6.07) is 11.2. The van der Waals surface area contributed by atoms with Gasteiger partial charge in [0.1, 0.15) is 6.10 Å². The number of hydrogen-bond donors (Lipinski definition) is 2. The summed E-state index contributed by atoms with van der Waals surface area (Å²) in [6.45, 7) is 9.47. The zero-order valence-corrected chi connectivity index (χ0v) is 17.4. The Bertz CT molecular complexity index is 883. The van der Waals surface area contributed by atoms with Crippen molar-refractivity contribution in [1.82, 2.24) is 9.88 Å². The number of hydrogen-bond acceptors (Lipinski definition) is 4. The van der Waals surface area contributed by atoms with Crippen LogP contribution in [0.15, 0.2) is 72.7 Å². The molecule has 1 aliphatic rings. The SMILES string of the molecule is C=CC=C.CC(c1ccc(-c2cc[nH]c(=O)c2)cc1)N1CCC(CCCO)OC1=O. The molecule has 2 heterocycles. The predicted molar refractivity (Wildman–Crippen MR) is 119 cm³/mol. The molecule has 2 aromatic rings. The number of benzene rings is 1. The van der Waals surface area contributed by atoms with Gasteiger partial charge in [0, 0.05) is 31.8 Å². The molecule has 160 valence electrons. The van der Waals surface area contributed by atoms with Crippen molar-refractivity contribution in [2.45, 2.75) is 38.3 Å². The van der Waals surface area contributed by atoms with E-state index in [0.29, 0.717) is 19.4 Å². The molecular weight excluding hydrogens is 380 g/mol. The maximum atomic E-state index is 12.3. The van der Waals surface area contributed by atoms with Gasteiger partial charge in [-0.25, -0.2) is 4.79 Å². The number of amides is 1. The minimum Gasteiger partial charge on any atom is -0.446 e. The Hall–Kier alpha value is -3.12. The largest absolute Gasteiger partial charge is 0.446 e. The number of H-pyrrole nitrogens is 1. The molecule has 0 spiro atoms. The molecule has 6 heteroatoms. The summed E-state index contributed by atoms with van der Waals surface area (Å²) in [6.07, 6.45) is 6.64. The first-order chi connectivity index (χ1) is 14.5. The van der Waals surface area contributed by atoms with E-state index in [1.807, 2.05) is 37.3 Å². The van der Waals surface area contributed by atoms with Gasteiger partial charge >= 0.3 is 6.09 Å². The van der Waals surface area contributed by atoms with Gasteiger partial charge in [-0.15, -0.1) is 0 Å². The van der Waals surface area contributed by atoms with Crippen molar-refractivity contribution in [1.29, 1.82) is 0 Å². The normalized spacial score (nSPS) is 16.7. The Morgan fingerprint density at radius 3 is 2.47 bits per heavy atom. The van der Waals surface area contributed by atoms with E-state index in [2.05, 4.69) is 18.1 Å². The van der Waals surface area contributed by atoms with Gasteiger partial charge in [0.05, 0.1) is 6.04 Å². The van der Waals surface area contributed by atoms with Crippen LogP contribution in [0.1, 0.15) is 37.8 Å². The van der Waals surface area contributed by atoms with Crippen molar-refractivity contribution in [3.05, 3.63) is 83.8 Å². The minimum atomic E-state index is -0.301. The summed E-state index contributed by atoms with van der Waals surface area (Å²) >= 11 is 0. The average Bonchev–Trinajstić information content (AvgIpc) is 2.77. The zero-order chi connectivity index (χ0) is 21.9. The molecular formula is C24H30N2O4. The molecule has 2 N–H and O–H groups in total. The third-order valence-electron chi connectivity index (χ3n) is 5.01. The number of allylic oxidation sites excluding steroid dienone is 2. The molecule has 6 nitrogen and oxygen atoms in total. The fourth-order valence-corrected chi connectivity index (χ4v) is 3.28. The van der Waals surface area contributed by atoms with Crippen molar-refractivity contribution in [3.63, 3.8) is 0 Å². The smallest absolute Gasteiger partial charge is 0.410 e. The van der Waals surface area contributed by atoms with Gasteiger partial charge in [0.2, 0.25) is 5.56 Å². The Morgan fingerprint density at radius 2 is 1.90 bits per heavy atom. The van der Waals surface area contributed by atoms with Gasteiger partial charge < -0.3 is 19.7 Å². The van der Waals surface area contributed by atoms with Gasteiger partial charge in [-0.05, 0) is 42.5 Å². The lowest BCUT2D eigenvalue weighted by Crippen LogP contribution is -2.43. The minimum absolute atomic E-state index is 0.0884. The van der Waals surface area contributed by atoms with E-state index >= 15 is 0 Å². The number of carbonyl (C=O) groups excluding carboxylic acids is 1. The molecule has 30 heavy (non-hydrogen) atoms. The van der Waals surface area contributed by atoms with E-state index in [9.17, 15) is 9.59 Å². The van der Waals surface area contributed by atoms with Crippen LogP contribution in [0, 0.1) is 0 Å². The Kier molecular flexibility index (Phi) is 9.09. The molecule has 0 aliphatic carbocycles. The molecule has 1 fully saturated rings. The van der Waals surface area contributed by atoms with Crippen LogP contribution in [-0.4, -0.2) is 40.3 Å². The van der Waals surface area contributed by atoms with Gasteiger partial charge in [-0.2, -0.15) is 0 Å². The van der Waals surface area contributed by atoms with Crippen molar-refractivity contribution < 1.29 is 14.6 Å². The second kappa shape index (κ2) is 11.8. The third-order valence-corrected chi connectivity index (χ3v) is 5.01. The zero-order valence-electron chi connectivity index (χ0n) is 17.4. The second-order valence-electron chi connectivity index (χ2n) is 7.06. The molecule has 1 aromatic carbocycles. The van der Waals surface area contributed by atoms with Crippen LogP contribution in [0.25, 0.3) is 11.1 Å². The standard InChI is InChI=1S/C20H24N2O4.C4H6/c1-14(22-11-9-18(3-2-12-23)26-20(22)25)15-4-6-16(7-5-15)17-8-10-21-19(24)13-17;1-3-4-2/h4-8,10,13-14,18,23H,2-3,9,11-12H2,1H3,(H,21,24);3-4H,1-2H2. The molecule has 1 aromatic heterocycles. The number of rotatable bonds is 7. The highest BCUT2D eigenvalue weighted by Gasteiger charge is 2.30. The van der Waals surface area contributed by atoms with E-state index in [1.54, 1.807) is 29.3 Å². The Morgan fingerprint density at radius 1 is 1.20 bits per heavy atom. The van der Waals surface area contributed by atoms with Crippen LogP contribution in [0.2, 0.25) is 0 Å². The number of cyclic esters (lactones) is 1. The van der Waals surface area contributed by atoms with E-state index in [-0.39, 0.29) is 30.4 Å². The van der Waals surface area contributed by atoms with Gasteiger partial charge in [-0.3, -0.25) is 4.79 Å². The first kappa shape index (κ1) is 23.2. The number of pyridine rings is 1. The fourth-order valence-electron chi connectivity index (χ4n) is 3.28. The molecule has 1 amide bonds. The molecule has 2 unspecified atom stereocenters. The van der Waals surface area contributed by atoms with Crippen LogP contribution in [0.4, 0.5) is 4.79 Å². The molecule has 1 aliphatic heterocycles. The highest BCUT2D eigenvalue weighted by Crippen LogP contribution is 2.28. The van der Waals surface area contributed by atoms with Crippen molar-refractivity contribution in [3.8, 4) is 11.1 Å². The summed E-state index contributed by atoms with van der Waals surface area (Å²) in [5.41, 5.74) is 2.70. The summed E-state index contributed by atoms with van der Waals surface area (Å²) < 4.78 is 5.49. The summed E-state index contributed by atoms with van der Waals surface area (Å²) in [4.78, 5) is 28.1. The monoisotopic (exact) mass is 410 g/mol. The third kappa shape index (κ3) is 6.46. The lowest BCUT2D eigenvalue weighted by Gasteiger charge is -2.35. The summed E-state index contributed by atoms with van der Waals surface area (Å²) in [5.74, 6) is 0. The second-order valence-corrected chi connectivity index (χ2v) is 7.06. The maximum absolute atomic E-state index is 12.3. The molecule has 0 saturated carbocycles. The number of aromatic nitrogens is 1. The quantitative estimate of drug-likeness (QED) is 0.661. The molecule has 0 bridgehead atoms. The van der Waals surface area contributed by atoms with Crippen molar-refractivity contribution >= 4 is 6.09 Å². The van der Waals surface area contributed by atoms with Crippen molar-refractivity contribution in [2.24, 2.45) is 0 Å². The Labute approximate surface area is 177 Å². The number of nitrogens with zero attached hydrogens (tertiary/aromatic N) is 1. The van der Waals surface area contributed by atoms with Crippen LogP contribution in [-0.2, 0) is 4.74 Å². The Balaban J connectivity index is 0.000000735. The van der Waals surface area contributed by atoms with Gasteiger partial charge in [0.15, 0.2) is 0 Å². The molecule has 3 rings (SSSR count). The number of carbonyl (C=O) groups is 1. The maximum Gasteiger partial charge on any atom is 0.410 e. The van der Waals surface area contributed by atoms with E-state index in [4.69, 9.17) is 9.84 Å². The average molecular weight is 411 g/mol. The van der Waals surface area contributed by atoms with E-state index < -0.39 is 0 Å². The first-order valence-electron chi connectivity index (χ1n) is 10.1. The van der Waals surface area contributed by atoms with Crippen LogP contribution in [0.3, 0.4) is 0 Å². The lowest BCUT2D eigenvalue weighted by molar-refractivity contribution is 0.00760. The number of aliphatic hydroxyl groups excluding tert-OH is 1. The highest BCUT2D eigenvalue weighted by molar-refractivity contribution is 5.69. The first-order valence-corrected chi connectivity index (χ1v) is 10.1. The number of aromatic amines is 1.